The number of nitrogens with zero attached hydrogens (tertiary/aromatic N) is 2. The van der Waals surface area contributed by atoms with Crippen molar-refractivity contribution in [1.82, 2.24) is 9.38 Å². The van der Waals surface area contributed by atoms with Crippen LogP contribution in [-0.4, -0.2) is 29.5 Å². The van der Waals surface area contributed by atoms with Crippen molar-refractivity contribution in [3.63, 3.8) is 0 Å². The molecule has 1 amide bonds. The SMILES string of the molecule is COc1ccc(NC(=O)/C=C/c2c(Cl)nc3ccccn23)cc1OC. The lowest BCUT2D eigenvalue weighted by Gasteiger charge is -2.09. The number of nitrogens with one attached hydrogen (secondary N) is 1. The van der Waals surface area contributed by atoms with Gasteiger partial charge in [-0.3, -0.25) is 9.20 Å². The number of amides is 1. The highest BCUT2D eigenvalue weighted by Gasteiger charge is 2.08. The number of pyridine rings is 1. The first-order valence-corrected chi connectivity index (χ1v) is 7.84. The Morgan fingerprint density at radius 2 is 2.00 bits per heavy atom. The van der Waals surface area contributed by atoms with Crippen LogP contribution in [0.5, 0.6) is 11.5 Å². The number of hydrogen-bond acceptors (Lipinski definition) is 4. The number of benzene rings is 1. The zero-order chi connectivity index (χ0) is 17.8. The van der Waals surface area contributed by atoms with Crippen LogP contribution in [0.1, 0.15) is 5.69 Å². The summed E-state index contributed by atoms with van der Waals surface area (Å²) in [6.45, 7) is 0. The Morgan fingerprint density at radius 1 is 1.20 bits per heavy atom. The minimum Gasteiger partial charge on any atom is -0.493 e. The highest BCUT2D eigenvalue weighted by Crippen LogP contribution is 2.29. The van der Waals surface area contributed by atoms with Crippen LogP contribution in [0.4, 0.5) is 5.69 Å². The number of aromatic nitrogens is 2. The fourth-order valence-corrected chi connectivity index (χ4v) is 2.63. The number of hydrogen-bond donors (Lipinski definition) is 1. The van der Waals surface area contributed by atoms with E-state index in [-0.39, 0.29) is 5.91 Å². The molecule has 25 heavy (non-hydrogen) atoms. The van der Waals surface area contributed by atoms with E-state index < -0.39 is 0 Å². The molecule has 6 nitrogen and oxygen atoms in total. The second-order valence-corrected chi connectivity index (χ2v) is 5.47. The molecule has 2 aromatic heterocycles. The van der Waals surface area contributed by atoms with E-state index in [9.17, 15) is 4.79 Å². The molecule has 0 aliphatic rings. The maximum atomic E-state index is 12.2. The van der Waals surface area contributed by atoms with Crippen molar-refractivity contribution in [2.24, 2.45) is 0 Å². The number of ether oxygens (including phenoxy) is 2. The Kier molecular flexibility index (Phi) is 4.90. The molecule has 2 heterocycles. The molecule has 0 bridgehead atoms. The van der Waals surface area contributed by atoms with Gasteiger partial charge in [0.1, 0.15) is 5.65 Å². The molecule has 3 rings (SSSR count). The second kappa shape index (κ2) is 7.27. The van der Waals surface area contributed by atoms with E-state index in [2.05, 4.69) is 10.3 Å². The number of imidazole rings is 1. The van der Waals surface area contributed by atoms with Crippen LogP contribution >= 0.6 is 11.6 Å². The molecular weight excluding hydrogens is 342 g/mol. The van der Waals surface area contributed by atoms with Gasteiger partial charge in [-0.1, -0.05) is 17.7 Å². The van der Waals surface area contributed by atoms with Crippen molar-refractivity contribution >= 4 is 34.9 Å². The Balaban J connectivity index is 1.78. The van der Waals surface area contributed by atoms with Gasteiger partial charge in [0.15, 0.2) is 16.7 Å². The molecule has 128 valence electrons. The fraction of sp³-hybridized carbons (Fsp3) is 0.111. The number of halogens is 1. The summed E-state index contributed by atoms with van der Waals surface area (Å²) in [5.41, 5.74) is 1.95. The van der Waals surface area contributed by atoms with Gasteiger partial charge in [0.05, 0.1) is 19.9 Å². The molecule has 0 aliphatic heterocycles. The molecule has 1 aromatic carbocycles. The van der Waals surface area contributed by atoms with Crippen LogP contribution in [0.15, 0.2) is 48.7 Å². The Bertz CT molecular complexity index is 950. The molecule has 0 radical (unpaired) electrons. The van der Waals surface area contributed by atoms with Crippen LogP contribution in [0.25, 0.3) is 11.7 Å². The van der Waals surface area contributed by atoms with Crippen molar-refractivity contribution < 1.29 is 14.3 Å². The van der Waals surface area contributed by atoms with Crippen LogP contribution in [0, 0.1) is 0 Å². The quantitative estimate of drug-likeness (QED) is 0.708. The van der Waals surface area contributed by atoms with Gasteiger partial charge in [-0.15, -0.1) is 0 Å². The summed E-state index contributed by atoms with van der Waals surface area (Å²) >= 11 is 6.14. The molecule has 3 aromatic rings. The van der Waals surface area contributed by atoms with Crippen LogP contribution in [0.2, 0.25) is 5.15 Å². The lowest BCUT2D eigenvalue weighted by atomic mass is 10.2. The molecule has 0 atom stereocenters. The average molecular weight is 358 g/mol. The highest BCUT2D eigenvalue weighted by molar-refractivity contribution is 6.31. The first kappa shape index (κ1) is 16.9. The van der Waals surface area contributed by atoms with Crippen molar-refractivity contribution in [3.05, 3.63) is 59.5 Å². The van der Waals surface area contributed by atoms with Gasteiger partial charge >= 0.3 is 0 Å². The topological polar surface area (TPSA) is 64.9 Å². The molecule has 0 spiro atoms. The summed E-state index contributed by atoms with van der Waals surface area (Å²) < 4.78 is 12.2. The van der Waals surface area contributed by atoms with E-state index in [0.717, 1.165) is 0 Å². The van der Waals surface area contributed by atoms with Gasteiger partial charge in [-0.05, 0) is 30.3 Å². The minimum atomic E-state index is -0.297. The molecule has 0 saturated heterocycles. The molecule has 0 fully saturated rings. The molecular formula is C18H16ClN3O3. The maximum Gasteiger partial charge on any atom is 0.248 e. The fourth-order valence-electron chi connectivity index (χ4n) is 2.39. The minimum absolute atomic E-state index is 0.297. The zero-order valence-electron chi connectivity index (χ0n) is 13.7. The predicted octanol–water partition coefficient (Wildman–Crippen LogP) is 3.66. The number of carbonyl (C=O) groups excluding carboxylic acids is 1. The average Bonchev–Trinajstić information content (AvgIpc) is 2.95. The summed E-state index contributed by atoms with van der Waals surface area (Å²) in [5, 5.41) is 3.10. The summed E-state index contributed by atoms with van der Waals surface area (Å²) in [6.07, 6.45) is 4.86. The molecule has 0 saturated carbocycles. The van der Waals surface area contributed by atoms with Crippen molar-refractivity contribution in [1.29, 1.82) is 0 Å². The van der Waals surface area contributed by atoms with Crippen molar-refractivity contribution in [2.45, 2.75) is 0 Å². The van der Waals surface area contributed by atoms with Gasteiger partial charge in [0.25, 0.3) is 0 Å². The number of carbonyl (C=O) groups is 1. The third-order valence-corrected chi connectivity index (χ3v) is 3.84. The van der Waals surface area contributed by atoms with Gasteiger partial charge in [-0.2, -0.15) is 0 Å². The summed E-state index contributed by atoms with van der Waals surface area (Å²) in [7, 11) is 3.09. The summed E-state index contributed by atoms with van der Waals surface area (Å²) in [5.74, 6) is 0.830. The third kappa shape index (κ3) is 3.59. The van der Waals surface area contributed by atoms with Gasteiger partial charge in [0, 0.05) is 24.0 Å². The molecule has 1 N–H and O–H groups in total. The first-order chi connectivity index (χ1) is 12.1. The molecule has 7 heteroatoms. The lowest BCUT2D eigenvalue weighted by molar-refractivity contribution is -0.111. The van der Waals surface area contributed by atoms with E-state index in [1.165, 1.54) is 13.2 Å². The van der Waals surface area contributed by atoms with Crippen molar-refractivity contribution in [2.75, 3.05) is 19.5 Å². The number of anilines is 1. The Morgan fingerprint density at radius 3 is 2.76 bits per heavy atom. The first-order valence-electron chi connectivity index (χ1n) is 7.46. The highest BCUT2D eigenvalue weighted by atomic mass is 35.5. The van der Waals surface area contributed by atoms with Crippen LogP contribution in [-0.2, 0) is 4.79 Å². The van der Waals surface area contributed by atoms with E-state index in [4.69, 9.17) is 21.1 Å². The number of rotatable bonds is 5. The Labute approximate surface area is 149 Å². The normalized spacial score (nSPS) is 11.0. The summed E-state index contributed by atoms with van der Waals surface area (Å²) in [4.78, 5) is 16.4. The van der Waals surface area contributed by atoms with Gasteiger partial charge < -0.3 is 14.8 Å². The van der Waals surface area contributed by atoms with E-state index in [0.29, 0.717) is 33.7 Å². The predicted molar refractivity (Wildman–Crippen MR) is 97.4 cm³/mol. The van der Waals surface area contributed by atoms with Gasteiger partial charge in [-0.25, -0.2) is 4.98 Å². The van der Waals surface area contributed by atoms with E-state index >= 15 is 0 Å². The van der Waals surface area contributed by atoms with Gasteiger partial charge in [0.2, 0.25) is 5.91 Å². The Hall–Kier alpha value is -2.99. The standard InChI is InChI=1S/C18H16ClN3O3/c1-24-14-8-6-12(11-15(14)25-2)20-17(23)9-7-13-18(19)21-16-5-3-4-10-22(13)16/h3-11H,1-2H3,(H,20,23)/b9-7+. The molecule has 0 unspecified atom stereocenters. The maximum absolute atomic E-state index is 12.2. The second-order valence-electron chi connectivity index (χ2n) is 5.11. The van der Waals surface area contributed by atoms with Crippen molar-refractivity contribution in [3.8, 4) is 11.5 Å². The number of methoxy groups -OCH3 is 2. The lowest BCUT2D eigenvalue weighted by Crippen LogP contribution is -2.08. The number of fused-ring (bicyclic) bond motifs is 1. The van der Waals surface area contributed by atoms with Crippen LogP contribution in [0.3, 0.4) is 0 Å². The third-order valence-electron chi connectivity index (χ3n) is 3.57. The smallest absolute Gasteiger partial charge is 0.248 e. The van der Waals surface area contributed by atoms with E-state index in [1.54, 1.807) is 31.4 Å². The zero-order valence-corrected chi connectivity index (χ0v) is 14.4. The van der Waals surface area contributed by atoms with Crippen LogP contribution < -0.4 is 14.8 Å². The largest absolute Gasteiger partial charge is 0.493 e. The monoisotopic (exact) mass is 357 g/mol. The molecule has 0 aliphatic carbocycles. The van der Waals surface area contributed by atoms with E-state index in [1.807, 2.05) is 28.8 Å². The summed E-state index contributed by atoms with van der Waals surface area (Å²) in [6, 6.07) is 10.7.